The van der Waals surface area contributed by atoms with Gasteiger partial charge in [0, 0.05) is 50.9 Å². The van der Waals surface area contributed by atoms with Crippen LogP contribution in [0, 0.1) is 5.82 Å². The molecule has 4 aliphatic rings. The van der Waals surface area contributed by atoms with E-state index >= 15 is 4.39 Å². The molecule has 5 heterocycles. The number of carbonyl (C=O) groups excluding carboxylic acids is 2. The minimum Gasteiger partial charge on any atom is -0.489 e. The molecule has 0 saturated carbocycles. The Bertz CT molecular complexity index is 1410. The van der Waals surface area contributed by atoms with E-state index in [1.54, 1.807) is 28.0 Å². The first kappa shape index (κ1) is 28.9. The van der Waals surface area contributed by atoms with Crippen LogP contribution in [0.2, 0.25) is 5.02 Å². The Morgan fingerprint density at radius 1 is 1.14 bits per heavy atom. The van der Waals surface area contributed by atoms with E-state index in [4.69, 9.17) is 21.3 Å². The maximum atomic E-state index is 15.1. The Morgan fingerprint density at radius 3 is 2.60 bits per heavy atom. The summed E-state index contributed by atoms with van der Waals surface area (Å²) in [7, 11) is 0. The van der Waals surface area contributed by atoms with Crippen LogP contribution in [0.3, 0.4) is 0 Å². The smallest absolute Gasteiger partial charge is 0.261 e. The third-order valence-electron chi connectivity index (χ3n) is 9.36. The van der Waals surface area contributed by atoms with Crippen molar-refractivity contribution in [2.75, 3.05) is 50.8 Å². The third kappa shape index (κ3) is 4.82. The largest absolute Gasteiger partial charge is 0.489 e. The number of halogens is 3. The van der Waals surface area contributed by atoms with Crippen molar-refractivity contribution in [3.05, 3.63) is 53.3 Å². The number of anilines is 1. The molecule has 224 valence electrons. The molecule has 0 bridgehead atoms. The number of pyridine rings is 1. The zero-order valence-electron chi connectivity index (χ0n) is 24.0. The number of hydrogen-bond donors (Lipinski definition) is 0. The Hall–Kier alpha value is -3.24. The van der Waals surface area contributed by atoms with Gasteiger partial charge in [-0.05, 0) is 51.3 Å². The van der Waals surface area contributed by atoms with Crippen LogP contribution in [0.1, 0.15) is 43.5 Å². The molecule has 2 aromatic rings. The summed E-state index contributed by atoms with van der Waals surface area (Å²) in [6.45, 7) is 10.9. The van der Waals surface area contributed by atoms with Crippen LogP contribution in [-0.4, -0.2) is 101 Å². The van der Waals surface area contributed by atoms with Crippen LogP contribution in [0.5, 0.6) is 5.75 Å². The molecule has 42 heavy (non-hydrogen) atoms. The fraction of sp³-hybridized carbons (Fsp3) is 0.516. The van der Waals surface area contributed by atoms with Gasteiger partial charge in [0.05, 0.1) is 17.3 Å². The van der Waals surface area contributed by atoms with Gasteiger partial charge in [-0.15, -0.1) is 0 Å². The number of aromatic nitrogens is 1. The fourth-order valence-electron chi connectivity index (χ4n) is 7.06. The summed E-state index contributed by atoms with van der Waals surface area (Å²) in [5.41, 5.74) is 0.191. The van der Waals surface area contributed by atoms with E-state index in [1.807, 2.05) is 0 Å². The van der Waals surface area contributed by atoms with Crippen molar-refractivity contribution in [1.82, 2.24) is 19.7 Å². The average Bonchev–Trinajstić information content (AvgIpc) is 3.21. The first-order chi connectivity index (χ1) is 20.1. The molecule has 0 N–H and O–H groups in total. The van der Waals surface area contributed by atoms with Crippen molar-refractivity contribution >= 4 is 29.2 Å². The highest BCUT2D eigenvalue weighted by atomic mass is 35.5. The van der Waals surface area contributed by atoms with Gasteiger partial charge in [0.1, 0.15) is 35.0 Å². The third-order valence-corrected chi connectivity index (χ3v) is 9.71. The summed E-state index contributed by atoms with van der Waals surface area (Å²) in [5, 5.41) is 0.0737. The molecule has 1 aromatic carbocycles. The molecule has 3 saturated heterocycles. The summed E-state index contributed by atoms with van der Waals surface area (Å²) in [6.07, 6.45) is 2.31. The molecule has 11 heteroatoms. The number of fused-ring (bicyclic) bond motifs is 2. The molecular weight excluding hydrogens is 564 g/mol. The average molecular weight is 600 g/mol. The quantitative estimate of drug-likeness (QED) is 0.480. The summed E-state index contributed by atoms with van der Waals surface area (Å²) in [4.78, 5) is 39.5. The lowest BCUT2D eigenvalue weighted by molar-refractivity contribution is -0.128. The molecule has 2 atom stereocenters. The first-order valence-corrected chi connectivity index (χ1v) is 15.0. The number of benzene rings is 1. The van der Waals surface area contributed by atoms with E-state index in [1.165, 1.54) is 12.1 Å². The SMILES string of the molecule is C=CC(=O)N1CCN2C(=O)c3c(N4CCC(N5CCC(F)CC5)C4(C)C)nc(-c4ccccc4F)c(Cl)c3OC[C@H]2C1. The second-order valence-corrected chi connectivity index (χ2v) is 12.4. The molecule has 3 fully saturated rings. The highest BCUT2D eigenvalue weighted by molar-refractivity contribution is 6.35. The molecule has 4 aliphatic heterocycles. The number of nitrogens with zero attached hydrogens (tertiary/aromatic N) is 5. The zero-order valence-corrected chi connectivity index (χ0v) is 24.7. The van der Waals surface area contributed by atoms with Crippen LogP contribution >= 0.6 is 11.6 Å². The van der Waals surface area contributed by atoms with Gasteiger partial charge in [0.15, 0.2) is 5.75 Å². The monoisotopic (exact) mass is 599 g/mol. The molecule has 2 amide bonds. The standard InChI is InChI=1S/C31H36ClF2N5O3/c1-4-24(40)37-15-16-38-20(17-37)18-42-28-25(30(38)41)29(35-27(26(28)32)21-7-5-6-8-22(21)34)39-14-11-23(31(39,2)3)36-12-9-19(33)10-13-36/h4-8,19-20,23H,1,9-18H2,2-3H3/t20-,23?/m1/s1. The molecule has 0 spiro atoms. The molecule has 1 aromatic heterocycles. The van der Waals surface area contributed by atoms with Crippen LogP contribution in [0.15, 0.2) is 36.9 Å². The predicted octanol–water partition coefficient (Wildman–Crippen LogP) is 4.56. The first-order valence-electron chi connectivity index (χ1n) is 14.6. The Kier molecular flexibility index (Phi) is 7.64. The number of carbonyl (C=O) groups is 2. The Morgan fingerprint density at radius 2 is 1.88 bits per heavy atom. The number of likely N-dealkylation sites (tertiary alicyclic amines) is 1. The minimum absolute atomic E-state index is 0.0737. The highest BCUT2D eigenvalue weighted by Gasteiger charge is 2.49. The number of piperazine rings is 1. The van der Waals surface area contributed by atoms with Crippen molar-refractivity contribution in [1.29, 1.82) is 0 Å². The van der Waals surface area contributed by atoms with Crippen molar-refractivity contribution < 1.29 is 23.1 Å². The van der Waals surface area contributed by atoms with Gasteiger partial charge in [0.25, 0.3) is 5.91 Å². The van der Waals surface area contributed by atoms with Crippen molar-refractivity contribution in [3.8, 4) is 17.0 Å². The van der Waals surface area contributed by atoms with Gasteiger partial charge in [-0.2, -0.15) is 0 Å². The highest BCUT2D eigenvalue weighted by Crippen LogP contribution is 2.47. The van der Waals surface area contributed by atoms with Gasteiger partial charge in [-0.1, -0.05) is 30.3 Å². The second-order valence-electron chi connectivity index (χ2n) is 12.1. The molecule has 6 rings (SSSR count). The van der Waals surface area contributed by atoms with Gasteiger partial charge in [0.2, 0.25) is 5.91 Å². The topological polar surface area (TPSA) is 69.2 Å². The summed E-state index contributed by atoms with van der Waals surface area (Å²) in [5.74, 6) is -0.386. The lowest BCUT2D eigenvalue weighted by atomic mass is 9.91. The fourth-order valence-corrected chi connectivity index (χ4v) is 7.36. The number of hydrogen-bond acceptors (Lipinski definition) is 6. The van der Waals surface area contributed by atoms with E-state index < -0.39 is 23.6 Å². The second kappa shape index (κ2) is 11.1. The zero-order chi connectivity index (χ0) is 29.8. The molecular formula is C31H36ClF2N5O3. The molecule has 0 radical (unpaired) electrons. The van der Waals surface area contributed by atoms with Gasteiger partial charge >= 0.3 is 0 Å². The van der Waals surface area contributed by atoms with Crippen LogP contribution in [-0.2, 0) is 4.79 Å². The van der Waals surface area contributed by atoms with Gasteiger partial charge < -0.3 is 19.4 Å². The number of rotatable bonds is 4. The summed E-state index contributed by atoms with van der Waals surface area (Å²) >= 11 is 6.92. The normalized spacial score (nSPS) is 24.6. The maximum absolute atomic E-state index is 15.1. The lowest BCUT2D eigenvalue weighted by Crippen LogP contribution is -2.57. The van der Waals surface area contributed by atoms with E-state index in [0.717, 1.165) is 6.42 Å². The number of ether oxygens (including phenoxy) is 1. The Balaban J connectivity index is 1.45. The number of amides is 2. The summed E-state index contributed by atoms with van der Waals surface area (Å²) < 4.78 is 35.4. The summed E-state index contributed by atoms with van der Waals surface area (Å²) in [6, 6.07) is 5.98. The Labute approximate surface area is 249 Å². The van der Waals surface area contributed by atoms with E-state index in [0.29, 0.717) is 57.9 Å². The minimum atomic E-state index is -0.774. The molecule has 1 unspecified atom stereocenters. The van der Waals surface area contributed by atoms with Crippen LogP contribution in [0.4, 0.5) is 14.6 Å². The lowest BCUT2D eigenvalue weighted by Gasteiger charge is -2.44. The number of piperidine rings is 1. The van der Waals surface area contributed by atoms with E-state index in [2.05, 4.69) is 30.2 Å². The van der Waals surface area contributed by atoms with E-state index in [-0.39, 0.29) is 52.1 Å². The van der Waals surface area contributed by atoms with Crippen molar-refractivity contribution in [2.24, 2.45) is 0 Å². The molecule has 0 aliphatic carbocycles. The maximum Gasteiger partial charge on any atom is 0.261 e. The molecule has 8 nitrogen and oxygen atoms in total. The van der Waals surface area contributed by atoms with E-state index in [9.17, 15) is 14.0 Å². The number of alkyl halides is 1. The van der Waals surface area contributed by atoms with Crippen molar-refractivity contribution in [3.63, 3.8) is 0 Å². The van der Waals surface area contributed by atoms with Crippen LogP contribution in [0.25, 0.3) is 11.3 Å². The van der Waals surface area contributed by atoms with Gasteiger partial charge in [-0.25, -0.2) is 13.8 Å². The predicted molar refractivity (Wildman–Crippen MR) is 157 cm³/mol. The van der Waals surface area contributed by atoms with Crippen LogP contribution < -0.4 is 9.64 Å². The van der Waals surface area contributed by atoms with Crippen molar-refractivity contribution in [2.45, 2.75) is 56.9 Å². The van der Waals surface area contributed by atoms with Gasteiger partial charge in [-0.3, -0.25) is 14.5 Å².